The van der Waals surface area contributed by atoms with E-state index in [1.54, 1.807) is 0 Å². The lowest BCUT2D eigenvalue weighted by Crippen LogP contribution is -2.26. The SMILES string of the molecule is CN(C)CCCNC(=O)c1ccc(Cn2nc(C(F)F)cc2C(F)F)o1. The molecule has 2 aromatic heterocycles. The molecule has 2 aromatic rings. The summed E-state index contributed by atoms with van der Waals surface area (Å²) < 4.78 is 57.3. The van der Waals surface area contributed by atoms with Crippen LogP contribution in [0.2, 0.25) is 0 Å². The molecule has 144 valence electrons. The lowest BCUT2D eigenvalue weighted by molar-refractivity contribution is 0.0922. The van der Waals surface area contributed by atoms with E-state index >= 15 is 0 Å². The second-order valence-electron chi connectivity index (χ2n) is 5.93. The molecule has 0 saturated heterocycles. The Kier molecular flexibility index (Phi) is 6.78. The van der Waals surface area contributed by atoms with Gasteiger partial charge in [0.15, 0.2) is 5.76 Å². The predicted molar refractivity (Wildman–Crippen MR) is 85.5 cm³/mol. The van der Waals surface area contributed by atoms with Crippen molar-refractivity contribution in [1.82, 2.24) is 20.0 Å². The molecule has 6 nitrogen and oxygen atoms in total. The highest BCUT2D eigenvalue weighted by Gasteiger charge is 2.22. The Morgan fingerprint density at radius 2 is 2.00 bits per heavy atom. The molecule has 0 radical (unpaired) electrons. The van der Waals surface area contributed by atoms with Crippen LogP contribution in [0.25, 0.3) is 0 Å². The maximum atomic E-state index is 13.0. The van der Waals surface area contributed by atoms with Gasteiger partial charge in [-0.05, 0) is 45.3 Å². The zero-order valence-corrected chi connectivity index (χ0v) is 14.4. The van der Waals surface area contributed by atoms with Gasteiger partial charge in [-0.1, -0.05) is 0 Å². The van der Waals surface area contributed by atoms with E-state index in [-0.39, 0.29) is 18.1 Å². The molecule has 0 aromatic carbocycles. The first-order valence-corrected chi connectivity index (χ1v) is 7.93. The summed E-state index contributed by atoms with van der Waals surface area (Å²) in [5.41, 5.74) is -1.36. The number of nitrogens with zero attached hydrogens (tertiary/aromatic N) is 3. The number of furan rings is 1. The molecule has 2 rings (SSSR count). The summed E-state index contributed by atoms with van der Waals surface area (Å²) >= 11 is 0. The van der Waals surface area contributed by atoms with E-state index in [0.717, 1.165) is 17.6 Å². The Morgan fingerprint density at radius 1 is 1.27 bits per heavy atom. The zero-order valence-electron chi connectivity index (χ0n) is 14.4. The molecule has 10 heteroatoms. The normalized spacial score (nSPS) is 11.7. The topological polar surface area (TPSA) is 63.3 Å². The molecule has 1 amide bonds. The van der Waals surface area contributed by atoms with Gasteiger partial charge in [-0.15, -0.1) is 0 Å². The predicted octanol–water partition coefficient (Wildman–Crippen LogP) is 3.08. The van der Waals surface area contributed by atoms with Gasteiger partial charge in [0, 0.05) is 6.54 Å². The summed E-state index contributed by atoms with van der Waals surface area (Å²) in [6.07, 6.45) is -5.15. The molecule has 0 fully saturated rings. The minimum absolute atomic E-state index is 0.0182. The lowest BCUT2D eigenvalue weighted by atomic mass is 10.3. The summed E-state index contributed by atoms with van der Waals surface area (Å²) in [5.74, 6) is -0.253. The fourth-order valence-electron chi connectivity index (χ4n) is 2.28. The minimum Gasteiger partial charge on any atom is -0.454 e. The molecule has 0 bridgehead atoms. The van der Waals surface area contributed by atoms with Crippen LogP contribution in [0, 0.1) is 0 Å². The highest BCUT2D eigenvalue weighted by atomic mass is 19.3. The largest absolute Gasteiger partial charge is 0.454 e. The van der Waals surface area contributed by atoms with Crippen LogP contribution >= 0.6 is 0 Å². The van der Waals surface area contributed by atoms with Crippen LogP contribution in [0.4, 0.5) is 17.6 Å². The van der Waals surface area contributed by atoms with Crippen LogP contribution in [-0.4, -0.2) is 47.8 Å². The van der Waals surface area contributed by atoms with Crippen LogP contribution in [-0.2, 0) is 6.54 Å². The number of carbonyl (C=O) groups is 1. The number of hydrogen-bond donors (Lipinski definition) is 1. The van der Waals surface area contributed by atoms with Crippen LogP contribution in [0.1, 0.15) is 47.0 Å². The van der Waals surface area contributed by atoms with E-state index in [2.05, 4.69) is 10.4 Å². The van der Waals surface area contributed by atoms with Crippen molar-refractivity contribution < 1.29 is 26.8 Å². The number of alkyl halides is 4. The molecule has 26 heavy (non-hydrogen) atoms. The van der Waals surface area contributed by atoms with Crippen molar-refractivity contribution in [2.24, 2.45) is 0 Å². The molecule has 0 unspecified atom stereocenters. The minimum atomic E-state index is -2.95. The van der Waals surface area contributed by atoms with Crippen molar-refractivity contribution in [3.63, 3.8) is 0 Å². The molecule has 0 aliphatic carbocycles. The molecule has 0 aliphatic heterocycles. The Hall–Kier alpha value is -2.36. The summed E-state index contributed by atoms with van der Waals surface area (Å²) in [7, 11) is 3.84. The molecule has 2 heterocycles. The first-order valence-electron chi connectivity index (χ1n) is 7.93. The van der Waals surface area contributed by atoms with Gasteiger partial charge in [0.25, 0.3) is 18.8 Å². The van der Waals surface area contributed by atoms with Crippen molar-refractivity contribution in [3.8, 4) is 0 Å². The lowest BCUT2D eigenvalue weighted by Gasteiger charge is -2.09. The van der Waals surface area contributed by atoms with E-state index in [1.165, 1.54) is 12.1 Å². The summed E-state index contributed by atoms with van der Waals surface area (Å²) in [5, 5.41) is 6.16. The molecule has 0 saturated carbocycles. The van der Waals surface area contributed by atoms with E-state index in [4.69, 9.17) is 4.42 Å². The second-order valence-corrected chi connectivity index (χ2v) is 5.93. The van der Waals surface area contributed by atoms with E-state index in [1.807, 2.05) is 19.0 Å². The summed E-state index contributed by atoms with van der Waals surface area (Å²) in [4.78, 5) is 13.9. The standard InChI is InChI=1S/C16H20F4N4O2/c1-23(2)7-3-6-21-16(25)13-5-4-10(26-13)9-24-12(15(19)20)8-11(22-24)14(17)18/h4-5,8,14-15H,3,6-7,9H2,1-2H3,(H,21,25). The van der Waals surface area contributed by atoms with Crippen LogP contribution < -0.4 is 5.32 Å². The van der Waals surface area contributed by atoms with Gasteiger partial charge in [-0.2, -0.15) is 5.10 Å². The monoisotopic (exact) mass is 376 g/mol. The Morgan fingerprint density at radius 3 is 2.62 bits per heavy atom. The average Bonchev–Trinajstić information content (AvgIpc) is 3.18. The Bertz CT molecular complexity index is 728. The molecule has 0 atom stereocenters. The van der Waals surface area contributed by atoms with E-state index < -0.39 is 30.1 Å². The smallest absolute Gasteiger partial charge is 0.286 e. The Labute approximate surface area is 147 Å². The fourth-order valence-corrected chi connectivity index (χ4v) is 2.28. The van der Waals surface area contributed by atoms with Gasteiger partial charge in [-0.25, -0.2) is 17.6 Å². The van der Waals surface area contributed by atoms with Crippen molar-refractivity contribution in [3.05, 3.63) is 41.1 Å². The first-order chi connectivity index (χ1) is 12.3. The van der Waals surface area contributed by atoms with Crippen molar-refractivity contribution >= 4 is 5.91 Å². The molecule has 1 N–H and O–H groups in total. The maximum absolute atomic E-state index is 13.0. The summed E-state index contributed by atoms with van der Waals surface area (Å²) in [6.45, 7) is 0.992. The zero-order chi connectivity index (χ0) is 19.3. The molecular formula is C16H20F4N4O2. The number of halogens is 4. The van der Waals surface area contributed by atoms with E-state index in [9.17, 15) is 22.4 Å². The van der Waals surface area contributed by atoms with Gasteiger partial charge in [-0.3, -0.25) is 9.48 Å². The van der Waals surface area contributed by atoms with Crippen LogP contribution in [0.5, 0.6) is 0 Å². The molecular weight excluding hydrogens is 356 g/mol. The van der Waals surface area contributed by atoms with Gasteiger partial charge in [0.2, 0.25) is 0 Å². The third-order valence-corrected chi connectivity index (χ3v) is 3.54. The van der Waals surface area contributed by atoms with Gasteiger partial charge < -0.3 is 14.6 Å². The third-order valence-electron chi connectivity index (χ3n) is 3.54. The van der Waals surface area contributed by atoms with E-state index in [0.29, 0.717) is 12.6 Å². The number of rotatable bonds is 9. The Balaban J connectivity index is 2.01. The van der Waals surface area contributed by atoms with Gasteiger partial charge >= 0.3 is 0 Å². The fraction of sp³-hybridized carbons (Fsp3) is 0.500. The second kappa shape index (κ2) is 8.84. The third kappa shape index (κ3) is 5.32. The highest BCUT2D eigenvalue weighted by molar-refractivity contribution is 5.91. The number of nitrogens with one attached hydrogen (secondary N) is 1. The number of amides is 1. The quantitative estimate of drug-likeness (QED) is 0.540. The van der Waals surface area contributed by atoms with Gasteiger partial charge in [0.05, 0.1) is 6.54 Å². The van der Waals surface area contributed by atoms with Crippen LogP contribution in [0.15, 0.2) is 22.6 Å². The van der Waals surface area contributed by atoms with Crippen molar-refractivity contribution in [2.45, 2.75) is 25.8 Å². The molecule has 0 aliphatic rings. The van der Waals surface area contributed by atoms with Crippen molar-refractivity contribution in [2.75, 3.05) is 27.2 Å². The average molecular weight is 376 g/mol. The maximum Gasteiger partial charge on any atom is 0.286 e. The number of carbonyl (C=O) groups excluding carboxylic acids is 1. The van der Waals surface area contributed by atoms with Crippen molar-refractivity contribution in [1.29, 1.82) is 0 Å². The summed E-state index contributed by atoms with van der Waals surface area (Å²) in [6, 6.07) is 3.49. The number of aromatic nitrogens is 2. The molecule has 0 spiro atoms. The van der Waals surface area contributed by atoms with Gasteiger partial charge in [0.1, 0.15) is 17.1 Å². The van der Waals surface area contributed by atoms with Crippen LogP contribution in [0.3, 0.4) is 0 Å². The highest BCUT2D eigenvalue weighted by Crippen LogP contribution is 2.25. The first kappa shape index (κ1) is 20.0. The number of hydrogen-bond acceptors (Lipinski definition) is 4.